The van der Waals surface area contributed by atoms with Gasteiger partial charge in [-0.1, -0.05) is 31.5 Å². The smallest absolute Gasteiger partial charge is 0.153 e. The first kappa shape index (κ1) is 17.8. The summed E-state index contributed by atoms with van der Waals surface area (Å²) >= 11 is 6.55. The van der Waals surface area contributed by atoms with Crippen molar-refractivity contribution >= 4 is 17.3 Å². The molecular formula is C20H28ClN5. The minimum atomic E-state index is 0.380. The Morgan fingerprint density at radius 3 is 2.85 bits per heavy atom. The Morgan fingerprint density at radius 2 is 2.08 bits per heavy atom. The molecule has 2 aromatic rings. The Hall–Kier alpha value is -1.59. The van der Waals surface area contributed by atoms with Crippen LogP contribution in [0.3, 0.4) is 0 Å². The average Bonchev–Trinajstić information content (AvgIpc) is 3.29. The summed E-state index contributed by atoms with van der Waals surface area (Å²) < 4.78 is 2.09. The highest BCUT2D eigenvalue weighted by atomic mass is 35.5. The molecule has 1 saturated heterocycles. The van der Waals surface area contributed by atoms with Crippen LogP contribution >= 0.6 is 11.6 Å². The number of hydrogen-bond donors (Lipinski definition) is 1. The van der Waals surface area contributed by atoms with Gasteiger partial charge < -0.3 is 10.2 Å². The van der Waals surface area contributed by atoms with Crippen molar-refractivity contribution in [3.8, 4) is 0 Å². The quantitative estimate of drug-likeness (QED) is 0.866. The van der Waals surface area contributed by atoms with Gasteiger partial charge in [0.05, 0.1) is 6.54 Å². The summed E-state index contributed by atoms with van der Waals surface area (Å²) in [5.41, 5.74) is 2.52. The SMILES string of the molecule is CC(C)c1nc2n(n1)C[C@@H](NCc1c(Cl)cccc1N1CCCC1)CC2. The van der Waals surface area contributed by atoms with Crippen molar-refractivity contribution < 1.29 is 0 Å². The molecule has 1 atom stereocenters. The number of rotatable bonds is 5. The minimum Gasteiger partial charge on any atom is -0.371 e. The van der Waals surface area contributed by atoms with Crippen molar-refractivity contribution in [1.82, 2.24) is 20.1 Å². The van der Waals surface area contributed by atoms with E-state index in [1.165, 1.54) is 24.1 Å². The molecule has 1 aromatic heterocycles. The van der Waals surface area contributed by atoms with Crippen molar-refractivity contribution in [1.29, 1.82) is 0 Å². The molecule has 0 saturated carbocycles. The summed E-state index contributed by atoms with van der Waals surface area (Å²) in [5, 5.41) is 9.27. The van der Waals surface area contributed by atoms with Gasteiger partial charge in [-0.25, -0.2) is 9.67 Å². The highest BCUT2D eigenvalue weighted by molar-refractivity contribution is 6.31. The van der Waals surface area contributed by atoms with Gasteiger partial charge in [-0.05, 0) is 31.4 Å². The monoisotopic (exact) mass is 373 g/mol. The van der Waals surface area contributed by atoms with Gasteiger partial charge >= 0.3 is 0 Å². The van der Waals surface area contributed by atoms with Crippen molar-refractivity contribution in [2.45, 2.75) is 64.6 Å². The maximum atomic E-state index is 6.55. The Bertz CT molecular complexity index is 764. The molecule has 0 amide bonds. The molecule has 140 valence electrons. The third-order valence-corrected chi connectivity index (χ3v) is 5.85. The van der Waals surface area contributed by atoms with E-state index in [2.05, 4.69) is 51.0 Å². The van der Waals surface area contributed by atoms with Crippen LogP contribution in [0.4, 0.5) is 5.69 Å². The number of hydrogen-bond acceptors (Lipinski definition) is 4. The second kappa shape index (κ2) is 7.57. The number of halogens is 1. The van der Waals surface area contributed by atoms with E-state index >= 15 is 0 Å². The number of aryl methyl sites for hydroxylation is 1. The van der Waals surface area contributed by atoms with Gasteiger partial charge in [0, 0.05) is 54.3 Å². The van der Waals surface area contributed by atoms with Gasteiger partial charge in [-0.2, -0.15) is 5.10 Å². The van der Waals surface area contributed by atoms with E-state index in [-0.39, 0.29) is 0 Å². The lowest BCUT2D eigenvalue weighted by Crippen LogP contribution is -2.37. The van der Waals surface area contributed by atoms with Gasteiger partial charge in [0.15, 0.2) is 5.82 Å². The second-order valence-corrected chi connectivity index (χ2v) is 8.18. The van der Waals surface area contributed by atoms with Crippen LogP contribution in [0.25, 0.3) is 0 Å². The zero-order valence-electron chi connectivity index (χ0n) is 15.7. The average molecular weight is 374 g/mol. The molecule has 1 N–H and O–H groups in total. The Morgan fingerprint density at radius 1 is 1.27 bits per heavy atom. The van der Waals surface area contributed by atoms with Crippen LogP contribution in [-0.2, 0) is 19.5 Å². The molecule has 1 fully saturated rings. The van der Waals surface area contributed by atoms with E-state index in [0.717, 1.165) is 55.7 Å². The third kappa shape index (κ3) is 3.60. The van der Waals surface area contributed by atoms with Crippen molar-refractivity contribution in [2.75, 3.05) is 18.0 Å². The van der Waals surface area contributed by atoms with Gasteiger partial charge in [0.2, 0.25) is 0 Å². The predicted octanol–water partition coefficient (Wildman–Crippen LogP) is 3.76. The van der Waals surface area contributed by atoms with Crippen LogP contribution in [0.2, 0.25) is 5.02 Å². The zero-order valence-corrected chi connectivity index (χ0v) is 16.5. The van der Waals surface area contributed by atoms with Crippen LogP contribution in [0.1, 0.15) is 56.2 Å². The highest BCUT2D eigenvalue weighted by Gasteiger charge is 2.23. The number of aromatic nitrogens is 3. The van der Waals surface area contributed by atoms with Crippen molar-refractivity contribution in [2.24, 2.45) is 0 Å². The fourth-order valence-electron chi connectivity index (χ4n) is 3.96. The van der Waals surface area contributed by atoms with Crippen LogP contribution in [-0.4, -0.2) is 33.9 Å². The van der Waals surface area contributed by atoms with E-state index in [4.69, 9.17) is 11.6 Å². The van der Waals surface area contributed by atoms with E-state index in [1.54, 1.807) is 0 Å². The molecule has 5 nitrogen and oxygen atoms in total. The molecule has 0 aliphatic carbocycles. The van der Waals surface area contributed by atoms with Crippen molar-refractivity contribution in [3.63, 3.8) is 0 Å². The maximum Gasteiger partial charge on any atom is 0.153 e. The van der Waals surface area contributed by atoms with Crippen LogP contribution < -0.4 is 10.2 Å². The minimum absolute atomic E-state index is 0.380. The summed E-state index contributed by atoms with van der Waals surface area (Å²) in [7, 11) is 0. The van der Waals surface area contributed by atoms with E-state index in [9.17, 15) is 0 Å². The first-order chi connectivity index (χ1) is 12.6. The Balaban J connectivity index is 1.45. The van der Waals surface area contributed by atoms with Gasteiger partial charge in [-0.15, -0.1) is 0 Å². The lowest BCUT2D eigenvalue weighted by atomic mass is 10.1. The number of nitrogens with zero attached hydrogens (tertiary/aromatic N) is 4. The molecule has 6 heteroatoms. The summed E-state index contributed by atoms with van der Waals surface area (Å²) in [5.74, 6) is 2.47. The fourth-order valence-corrected chi connectivity index (χ4v) is 4.20. The van der Waals surface area contributed by atoms with Gasteiger partial charge in [-0.3, -0.25) is 0 Å². The van der Waals surface area contributed by atoms with Gasteiger partial charge in [0.1, 0.15) is 5.82 Å². The molecule has 0 bridgehead atoms. The zero-order chi connectivity index (χ0) is 18.1. The molecule has 3 heterocycles. The molecule has 0 spiro atoms. The predicted molar refractivity (Wildman–Crippen MR) is 106 cm³/mol. The van der Waals surface area contributed by atoms with Crippen molar-refractivity contribution in [3.05, 3.63) is 40.4 Å². The van der Waals surface area contributed by atoms with Gasteiger partial charge in [0.25, 0.3) is 0 Å². The second-order valence-electron chi connectivity index (χ2n) is 7.77. The Kier molecular flexibility index (Phi) is 5.18. The molecule has 1 aromatic carbocycles. The number of fused-ring (bicyclic) bond motifs is 1. The topological polar surface area (TPSA) is 46.0 Å². The fraction of sp³-hybridized carbons (Fsp3) is 0.600. The van der Waals surface area contributed by atoms with Crippen LogP contribution in [0.15, 0.2) is 18.2 Å². The lowest BCUT2D eigenvalue weighted by Gasteiger charge is -2.26. The Labute approximate surface area is 160 Å². The molecule has 4 rings (SSSR count). The molecule has 2 aliphatic heterocycles. The maximum absolute atomic E-state index is 6.55. The number of nitrogens with one attached hydrogen (secondary N) is 1. The lowest BCUT2D eigenvalue weighted by molar-refractivity contribution is 0.357. The molecule has 2 aliphatic rings. The summed E-state index contributed by atoms with van der Waals surface area (Å²) in [6.45, 7) is 8.26. The van der Waals surface area contributed by atoms with Crippen LogP contribution in [0.5, 0.6) is 0 Å². The van der Waals surface area contributed by atoms with E-state index in [1.807, 2.05) is 6.07 Å². The number of benzene rings is 1. The molecule has 26 heavy (non-hydrogen) atoms. The first-order valence-corrected chi connectivity index (χ1v) is 10.2. The van der Waals surface area contributed by atoms with Crippen LogP contribution in [0, 0.1) is 0 Å². The summed E-state index contributed by atoms with van der Waals surface area (Å²) in [6.07, 6.45) is 4.63. The standard InChI is InChI=1S/C20H28ClN5/c1-14(2)20-23-19-9-8-15(13-26(19)24-20)22-12-16-17(21)6-5-7-18(16)25-10-3-4-11-25/h5-7,14-15,22H,3-4,8-13H2,1-2H3/t15-/m0/s1. The summed E-state index contributed by atoms with van der Waals surface area (Å²) in [4.78, 5) is 7.15. The molecule has 0 unspecified atom stereocenters. The normalized spacial score (nSPS) is 20.0. The summed E-state index contributed by atoms with van der Waals surface area (Å²) in [6, 6.07) is 6.69. The molecule has 0 radical (unpaired) electrons. The highest BCUT2D eigenvalue weighted by Crippen LogP contribution is 2.30. The largest absolute Gasteiger partial charge is 0.371 e. The molecular weight excluding hydrogens is 346 g/mol. The van der Waals surface area contributed by atoms with E-state index in [0.29, 0.717) is 12.0 Å². The first-order valence-electron chi connectivity index (χ1n) is 9.81. The number of anilines is 1. The van der Waals surface area contributed by atoms with E-state index < -0.39 is 0 Å². The third-order valence-electron chi connectivity index (χ3n) is 5.50.